The zero-order chi connectivity index (χ0) is 15.1. The molecule has 0 radical (unpaired) electrons. The Morgan fingerprint density at radius 3 is 2.25 bits per heavy atom. The summed E-state index contributed by atoms with van der Waals surface area (Å²) in [6.07, 6.45) is 1.16. The zero-order valence-electron chi connectivity index (χ0n) is 12.6. The number of carbonyl (C=O) groups is 1. The summed E-state index contributed by atoms with van der Waals surface area (Å²) < 4.78 is 31.4. The van der Waals surface area contributed by atoms with E-state index in [0.717, 1.165) is 12.8 Å². The molecular formula is C13H24N2O4S. The van der Waals surface area contributed by atoms with Gasteiger partial charge in [-0.3, -0.25) is 0 Å². The molecule has 2 fully saturated rings. The van der Waals surface area contributed by atoms with Crippen LogP contribution in [-0.2, 0) is 14.8 Å². The van der Waals surface area contributed by atoms with Gasteiger partial charge in [0.15, 0.2) is 0 Å². The number of ether oxygens (including phenoxy) is 1. The molecule has 20 heavy (non-hydrogen) atoms. The maximum absolute atomic E-state index is 12.3. The third-order valence-electron chi connectivity index (χ3n) is 3.49. The van der Waals surface area contributed by atoms with E-state index in [1.165, 1.54) is 0 Å². The van der Waals surface area contributed by atoms with Crippen molar-refractivity contribution in [2.24, 2.45) is 0 Å². The van der Waals surface area contributed by atoms with Gasteiger partial charge < -0.3 is 9.64 Å². The van der Waals surface area contributed by atoms with Crippen LogP contribution >= 0.6 is 0 Å². The number of hydrogen-bond donors (Lipinski definition) is 0. The van der Waals surface area contributed by atoms with Gasteiger partial charge in [-0.2, -0.15) is 4.31 Å². The van der Waals surface area contributed by atoms with Crippen LogP contribution in [0.2, 0.25) is 0 Å². The molecule has 2 rings (SSSR count). The van der Waals surface area contributed by atoms with Gasteiger partial charge >= 0.3 is 6.09 Å². The Kier molecular flexibility index (Phi) is 4.03. The predicted molar refractivity (Wildman–Crippen MR) is 75.9 cm³/mol. The largest absolute Gasteiger partial charge is 0.444 e. The van der Waals surface area contributed by atoms with Crippen LogP contribution in [0.5, 0.6) is 0 Å². The molecule has 7 heteroatoms. The average molecular weight is 304 g/mol. The van der Waals surface area contributed by atoms with Gasteiger partial charge in [-0.1, -0.05) is 0 Å². The Labute approximate surface area is 121 Å². The molecule has 6 nitrogen and oxygen atoms in total. The summed E-state index contributed by atoms with van der Waals surface area (Å²) in [7, 11) is -3.17. The summed E-state index contributed by atoms with van der Waals surface area (Å²) >= 11 is 0. The van der Waals surface area contributed by atoms with Gasteiger partial charge in [0, 0.05) is 25.7 Å². The number of sulfonamides is 1. The van der Waals surface area contributed by atoms with Crippen molar-refractivity contribution in [3.05, 3.63) is 0 Å². The Balaban J connectivity index is 1.97. The molecule has 0 unspecified atom stereocenters. The molecule has 0 aromatic carbocycles. The average Bonchev–Trinajstić information content (AvgIpc) is 3.09. The fourth-order valence-corrected chi connectivity index (χ4v) is 4.39. The second-order valence-electron chi connectivity index (χ2n) is 6.63. The normalized spacial score (nSPS) is 25.6. The molecule has 116 valence electrons. The van der Waals surface area contributed by atoms with E-state index in [0.29, 0.717) is 19.6 Å². The van der Waals surface area contributed by atoms with E-state index >= 15 is 0 Å². The highest BCUT2D eigenvalue weighted by Crippen LogP contribution is 2.32. The van der Waals surface area contributed by atoms with Crippen molar-refractivity contribution in [2.45, 2.75) is 57.4 Å². The van der Waals surface area contributed by atoms with Gasteiger partial charge in [-0.05, 0) is 40.5 Å². The van der Waals surface area contributed by atoms with Crippen LogP contribution < -0.4 is 0 Å². The van der Waals surface area contributed by atoms with Gasteiger partial charge in [0.25, 0.3) is 0 Å². The third kappa shape index (κ3) is 3.44. The van der Waals surface area contributed by atoms with Gasteiger partial charge in [0.05, 0.1) is 5.25 Å². The zero-order valence-corrected chi connectivity index (χ0v) is 13.4. The van der Waals surface area contributed by atoms with Crippen molar-refractivity contribution in [3.63, 3.8) is 0 Å². The number of rotatable bonds is 2. The summed E-state index contributed by atoms with van der Waals surface area (Å²) in [5.41, 5.74) is -0.530. The Bertz CT molecular complexity index is 479. The van der Waals surface area contributed by atoms with Crippen LogP contribution in [0.25, 0.3) is 0 Å². The Morgan fingerprint density at radius 2 is 1.80 bits per heavy atom. The van der Waals surface area contributed by atoms with Crippen LogP contribution in [0.3, 0.4) is 0 Å². The van der Waals surface area contributed by atoms with Crippen molar-refractivity contribution in [3.8, 4) is 0 Å². The second kappa shape index (κ2) is 5.18. The Morgan fingerprint density at radius 1 is 1.20 bits per heavy atom. The fraction of sp³-hybridized carbons (Fsp3) is 0.923. The van der Waals surface area contributed by atoms with Crippen molar-refractivity contribution in [1.82, 2.24) is 9.21 Å². The van der Waals surface area contributed by atoms with Gasteiger partial charge in [-0.15, -0.1) is 0 Å². The van der Waals surface area contributed by atoms with Crippen LogP contribution in [0, 0.1) is 0 Å². The number of piperazine rings is 1. The smallest absolute Gasteiger partial charge is 0.410 e. The van der Waals surface area contributed by atoms with Crippen LogP contribution in [0.4, 0.5) is 4.79 Å². The summed E-state index contributed by atoms with van der Waals surface area (Å²) in [5.74, 6) is 0. The molecule has 2 aliphatic rings. The van der Waals surface area contributed by atoms with Crippen LogP contribution in [0.15, 0.2) is 0 Å². The Hall–Kier alpha value is -0.820. The lowest BCUT2D eigenvalue weighted by atomic mass is 10.2. The van der Waals surface area contributed by atoms with E-state index in [4.69, 9.17) is 4.74 Å². The molecule has 1 aliphatic carbocycles. The summed E-state index contributed by atoms with van der Waals surface area (Å²) in [6, 6.07) is -0.193. The number of amides is 1. The highest BCUT2D eigenvalue weighted by molar-refractivity contribution is 7.90. The molecule has 1 saturated carbocycles. The van der Waals surface area contributed by atoms with E-state index in [1.54, 1.807) is 9.21 Å². The van der Waals surface area contributed by atoms with E-state index in [2.05, 4.69) is 0 Å². The van der Waals surface area contributed by atoms with Crippen molar-refractivity contribution in [1.29, 1.82) is 0 Å². The molecule has 0 aromatic heterocycles. The number of nitrogens with zero attached hydrogens (tertiary/aromatic N) is 2. The lowest BCUT2D eigenvalue weighted by molar-refractivity contribution is 0.0143. The quantitative estimate of drug-likeness (QED) is 0.774. The summed E-state index contributed by atoms with van der Waals surface area (Å²) in [5, 5.41) is -0.196. The lowest BCUT2D eigenvalue weighted by Gasteiger charge is -2.39. The minimum Gasteiger partial charge on any atom is -0.444 e. The highest BCUT2D eigenvalue weighted by atomic mass is 32.2. The first-order valence-electron chi connectivity index (χ1n) is 7.10. The van der Waals surface area contributed by atoms with E-state index in [9.17, 15) is 13.2 Å². The molecule has 1 saturated heterocycles. The summed E-state index contributed by atoms with van der Waals surface area (Å²) in [6.45, 7) is 8.45. The SMILES string of the molecule is C[C@@H]1CN(C(=O)OC(C)(C)C)CCN1S(=O)(=O)C1CC1. The van der Waals surface area contributed by atoms with E-state index in [-0.39, 0.29) is 17.4 Å². The molecule has 1 atom stereocenters. The molecule has 0 aromatic rings. The van der Waals surface area contributed by atoms with Gasteiger partial charge in [-0.25, -0.2) is 13.2 Å². The van der Waals surface area contributed by atoms with E-state index in [1.807, 2.05) is 27.7 Å². The lowest BCUT2D eigenvalue weighted by Crippen LogP contribution is -2.56. The first-order valence-corrected chi connectivity index (χ1v) is 8.60. The second-order valence-corrected chi connectivity index (χ2v) is 8.80. The molecule has 1 amide bonds. The number of hydrogen-bond acceptors (Lipinski definition) is 4. The standard InChI is InChI=1S/C13H24N2O4S/c1-10-9-14(12(16)19-13(2,3)4)7-8-15(10)20(17,18)11-5-6-11/h10-11H,5-9H2,1-4H3/t10-/m1/s1. The molecule has 0 bridgehead atoms. The first kappa shape index (κ1) is 15.6. The van der Waals surface area contributed by atoms with Gasteiger partial charge in [0.1, 0.15) is 5.60 Å². The minimum absolute atomic E-state index is 0.193. The maximum Gasteiger partial charge on any atom is 0.410 e. The van der Waals surface area contributed by atoms with E-state index < -0.39 is 15.6 Å². The predicted octanol–water partition coefficient (Wildman–Crippen LogP) is 1.42. The van der Waals surface area contributed by atoms with Crippen molar-refractivity contribution < 1.29 is 17.9 Å². The maximum atomic E-state index is 12.3. The molecule has 1 heterocycles. The highest BCUT2D eigenvalue weighted by Gasteiger charge is 2.44. The molecule has 0 N–H and O–H groups in total. The third-order valence-corrected chi connectivity index (χ3v) is 6.00. The topological polar surface area (TPSA) is 66.9 Å². The van der Waals surface area contributed by atoms with Crippen LogP contribution in [0.1, 0.15) is 40.5 Å². The molecule has 1 aliphatic heterocycles. The number of carbonyl (C=O) groups excluding carboxylic acids is 1. The monoisotopic (exact) mass is 304 g/mol. The van der Waals surface area contributed by atoms with Crippen molar-refractivity contribution >= 4 is 16.1 Å². The molecule has 0 spiro atoms. The van der Waals surface area contributed by atoms with Crippen molar-refractivity contribution in [2.75, 3.05) is 19.6 Å². The first-order chi connectivity index (χ1) is 9.11. The fourth-order valence-electron chi connectivity index (χ4n) is 2.37. The molecular weight excluding hydrogens is 280 g/mol. The summed E-state index contributed by atoms with van der Waals surface area (Å²) in [4.78, 5) is 13.6. The van der Waals surface area contributed by atoms with Crippen LogP contribution in [-0.4, -0.2) is 60.2 Å². The van der Waals surface area contributed by atoms with Gasteiger partial charge in [0.2, 0.25) is 10.0 Å². The minimum atomic E-state index is -3.17.